The molecule has 0 saturated carbocycles. The molecule has 1 heterocycles. The third-order valence-corrected chi connectivity index (χ3v) is 7.59. The number of alkyl halides is 3. The molecule has 1 aliphatic rings. The van der Waals surface area contributed by atoms with Gasteiger partial charge in [0.05, 0.1) is 13.7 Å². The van der Waals surface area contributed by atoms with E-state index in [2.05, 4.69) is 0 Å². The Morgan fingerprint density at radius 3 is 2.32 bits per heavy atom. The van der Waals surface area contributed by atoms with Crippen molar-refractivity contribution in [2.24, 2.45) is 11.8 Å². The number of likely N-dealkylation sites (tertiary alicyclic amines) is 1. The number of carboxylic acid groups (broad SMARTS) is 1. The zero-order valence-corrected chi connectivity index (χ0v) is 19.9. The van der Waals surface area contributed by atoms with Crippen molar-refractivity contribution in [1.82, 2.24) is 0 Å². The minimum absolute atomic E-state index is 0.139. The summed E-state index contributed by atoms with van der Waals surface area (Å²) in [6, 6.07) is 15.6. The van der Waals surface area contributed by atoms with Crippen LogP contribution in [0.25, 0.3) is 0 Å². The number of imide groups is 1. The number of carbonyl (C=O) groups is 2. The van der Waals surface area contributed by atoms with Crippen LogP contribution >= 0.6 is 11.8 Å². The maximum Gasteiger partial charge on any atom is 0.521 e. The number of benzene rings is 2. The van der Waals surface area contributed by atoms with E-state index in [1.54, 1.807) is 31.2 Å². The average Bonchev–Trinajstić information content (AvgIpc) is 3.13. The first-order valence-corrected chi connectivity index (χ1v) is 12.2. The van der Waals surface area contributed by atoms with E-state index in [4.69, 9.17) is 4.74 Å². The number of ether oxygens (including phenoxy) is 1. The molecule has 2 aromatic carbocycles. The normalized spacial score (nSPS) is 23.4. The summed E-state index contributed by atoms with van der Waals surface area (Å²) in [6.07, 6.45) is -5.45. The summed E-state index contributed by atoms with van der Waals surface area (Å²) >= 11 is 0.972. The van der Waals surface area contributed by atoms with E-state index in [1.807, 2.05) is 30.3 Å². The van der Waals surface area contributed by atoms with E-state index in [0.717, 1.165) is 22.9 Å². The van der Waals surface area contributed by atoms with Crippen LogP contribution in [-0.2, 0) is 17.0 Å². The summed E-state index contributed by atoms with van der Waals surface area (Å²) in [7, 11) is 1.52. The summed E-state index contributed by atoms with van der Waals surface area (Å²) in [4.78, 5) is 25.7. The lowest BCUT2D eigenvalue weighted by Crippen LogP contribution is -2.63. The van der Waals surface area contributed by atoms with Gasteiger partial charge in [-0.1, -0.05) is 42.5 Å². The number of halogens is 3. The van der Waals surface area contributed by atoms with Crippen LogP contribution in [0.15, 0.2) is 54.6 Å². The summed E-state index contributed by atoms with van der Waals surface area (Å²) in [5, 5.41) is 10.0. The predicted octanol–water partition coefficient (Wildman–Crippen LogP) is 5.78. The first-order chi connectivity index (χ1) is 16.1. The van der Waals surface area contributed by atoms with Crippen molar-refractivity contribution in [3.8, 4) is 5.75 Å². The molecule has 34 heavy (non-hydrogen) atoms. The second-order valence-corrected chi connectivity index (χ2v) is 9.80. The van der Waals surface area contributed by atoms with E-state index in [1.165, 1.54) is 7.11 Å². The Morgan fingerprint density at radius 1 is 1.12 bits per heavy atom. The number of quaternary nitrogens is 1. The first-order valence-electron chi connectivity index (χ1n) is 11.0. The fraction of sp³-hybridized carbons (Fsp3) is 0.440. The number of nitrogens with zero attached hydrogens (tertiary/aromatic N) is 1. The quantitative estimate of drug-likeness (QED) is 0.470. The van der Waals surface area contributed by atoms with Crippen LogP contribution in [0.5, 0.6) is 5.75 Å². The van der Waals surface area contributed by atoms with Gasteiger partial charge in [0.2, 0.25) is 0 Å². The Hall–Kier alpha value is -2.52. The summed E-state index contributed by atoms with van der Waals surface area (Å²) in [5.41, 5.74) is 1.76. The number of rotatable bonds is 8. The van der Waals surface area contributed by atoms with Crippen molar-refractivity contribution in [3.05, 3.63) is 65.7 Å². The fourth-order valence-corrected chi connectivity index (χ4v) is 5.80. The Kier molecular flexibility index (Phi) is 8.30. The number of carbonyl (C=O) groups excluding carboxylic acids is 1. The maximum absolute atomic E-state index is 14.0. The molecule has 2 aromatic rings. The van der Waals surface area contributed by atoms with Gasteiger partial charge >= 0.3 is 18.2 Å². The monoisotopic (exact) mass is 496 g/mol. The van der Waals surface area contributed by atoms with Gasteiger partial charge in [0.1, 0.15) is 11.8 Å². The van der Waals surface area contributed by atoms with Gasteiger partial charge in [-0.25, -0.2) is 4.79 Å². The average molecular weight is 497 g/mol. The van der Waals surface area contributed by atoms with Crippen LogP contribution < -0.4 is 4.74 Å². The highest BCUT2D eigenvalue weighted by Crippen LogP contribution is 2.40. The summed E-state index contributed by atoms with van der Waals surface area (Å²) in [5.74, 6) is -3.45. The van der Waals surface area contributed by atoms with Crippen LogP contribution in [0, 0.1) is 11.8 Å². The topological polar surface area (TPSA) is 63.6 Å². The molecular formula is C25H29F3NO4S+. The molecule has 0 aliphatic carbocycles. The summed E-state index contributed by atoms with van der Waals surface area (Å²) < 4.78 is 45.9. The molecule has 9 heteroatoms. The Morgan fingerprint density at radius 2 is 1.76 bits per heavy atom. The Bertz CT molecular complexity index is 984. The van der Waals surface area contributed by atoms with E-state index >= 15 is 0 Å². The molecule has 3 rings (SSSR count). The number of methoxy groups -OCH3 is 1. The molecule has 0 radical (unpaired) electrons. The molecule has 0 bridgehead atoms. The number of hydrogen-bond donors (Lipinski definition) is 1. The molecule has 1 N–H and O–H groups in total. The lowest BCUT2D eigenvalue weighted by Gasteiger charge is -2.33. The minimum atomic E-state index is -4.83. The lowest BCUT2D eigenvalue weighted by atomic mass is 9.97. The van der Waals surface area contributed by atoms with E-state index in [0.29, 0.717) is 18.6 Å². The molecule has 2 amide bonds. The molecule has 5 nitrogen and oxygen atoms in total. The molecule has 1 aliphatic heterocycles. The van der Waals surface area contributed by atoms with E-state index in [9.17, 15) is 27.9 Å². The third-order valence-electron chi connectivity index (χ3n) is 6.48. The largest absolute Gasteiger partial charge is 0.521 e. The number of amides is 2. The van der Waals surface area contributed by atoms with E-state index < -0.39 is 40.4 Å². The third kappa shape index (κ3) is 5.75. The number of hydrogen-bond acceptors (Lipinski definition) is 4. The van der Waals surface area contributed by atoms with Gasteiger partial charge in [-0.3, -0.25) is 0 Å². The standard InChI is InChI=1S/C25H28F3NO4S/c1-17-12-20(13-18-6-4-3-5-7-18)14-29(17,24(31)32)23(30)22(25(26,27)28)16-34-15-19-8-10-21(33-2)11-9-19/h3-11,17,20,22H,12-16H2,1-2H3/p+1/t17?,20-,22?,29+/m1/s1. The smallest absolute Gasteiger partial charge is 0.497 e. The van der Waals surface area contributed by atoms with E-state index in [-0.39, 0.29) is 18.2 Å². The fourth-order valence-electron chi connectivity index (χ4n) is 4.69. The molecule has 0 aromatic heterocycles. The summed E-state index contributed by atoms with van der Waals surface area (Å²) in [6.45, 7) is 1.43. The van der Waals surface area contributed by atoms with Crippen molar-refractivity contribution < 1.29 is 37.1 Å². The van der Waals surface area contributed by atoms with Gasteiger partial charge in [0, 0.05) is 23.8 Å². The molecule has 4 atom stereocenters. The SMILES string of the molecule is COc1ccc(CSCC(C(=O)[N@+]2(C(=O)O)C[C@@H](Cc3ccccc3)CC2C)C(F)(F)F)cc1. The Balaban J connectivity index is 1.76. The minimum Gasteiger partial charge on any atom is -0.497 e. The highest BCUT2D eigenvalue weighted by Gasteiger charge is 2.62. The number of thioether (sulfide) groups is 1. The van der Waals surface area contributed by atoms with Crippen molar-refractivity contribution in [2.75, 3.05) is 19.4 Å². The van der Waals surface area contributed by atoms with Gasteiger partial charge in [-0.15, -0.1) is 0 Å². The van der Waals surface area contributed by atoms with Crippen molar-refractivity contribution in [2.45, 2.75) is 37.7 Å². The van der Waals surface area contributed by atoms with Crippen LogP contribution in [0.1, 0.15) is 24.5 Å². The molecule has 1 fully saturated rings. The zero-order chi connectivity index (χ0) is 24.9. The van der Waals surface area contributed by atoms with Gasteiger partial charge in [-0.05, 0) is 36.6 Å². The van der Waals surface area contributed by atoms with Crippen LogP contribution in [0.4, 0.5) is 18.0 Å². The Labute approximate surface area is 201 Å². The second kappa shape index (κ2) is 10.8. The van der Waals surface area contributed by atoms with Gasteiger partial charge in [-0.2, -0.15) is 34.2 Å². The van der Waals surface area contributed by atoms with Crippen LogP contribution in [-0.4, -0.2) is 53.2 Å². The van der Waals surface area contributed by atoms with Gasteiger partial charge < -0.3 is 9.84 Å². The maximum atomic E-state index is 14.0. The highest BCUT2D eigenvalue weighted by atomic mass is 32.2. The zero-order valence-electron chi connectivity index (χ0n) is 19.1. The molecular weight excluding hydrogens is 467 g/mol. The molecule has 1 saturated heterocycles. The molecule has 2 unspecified atom stereocenters. The van der Waals surface area contributed by atoms with Gasteiger partial charge in [0.15, 0.2) is 5.92 Å². The van der Waals surface area contributed by atoms with Crippen LogP contribution in [0.2, 0.25) is 0 Å². The first kappa shape index (κ1) is 26.1. The van der Waals surface area contributed by atoms with Crippen LogP contribution in [0.3, 0.4) is 0 Å². The van der Waals surface area contributed by atoms with Crippen molar-refractivity contribution >= 4 is 23.8 Å². The van der Waals surface area contributed by atoms with Gasteiger partial charge in [0.25, 0.3) is 0 Å². The second-order valence-electron chi connectivity index (χ2n) is 8.77. The highest BCUT2D eigenvalue weighted by molar-refractivity contribution is 7.98. The van der Waals surface area contributed by atoms with Crippen molar-refractivity contribution in [3.63, 3.8) is 0 Å². The molecule has 0 spiro atoms. The lowest BCUT2D eigenvalue weighted by molar-refractivity contribution is -0.796. The van der Waals surface area contributed by atoms with Crippen molar-refractivity contribution in [1.29, 1.82) is 0 Å². The predicted molar refractivity (Wildman–Crippen MR) is 125 cm³/mol. The molecule has 184 valence electrons.